The number of pyridine rings is 2. The molecule has 302 valence electrons. The van der Waals surface area contributed by atoms with E-state index in [-0.39, 0.29) is 18.8 Å². The largest absolute Gasteiger partial charge is 0.275 e. The van der Waals surface area contributed by atoms with Crippen molar-refractivity contribution in [2.45, 2.75) is 46.0 Å². The molecule has 0 amide bonds. The first-order chi connectivity index (χ1) is 30.9. The van der Waals surface area contributed by atoms with Crippen LogP contribution in [-0.2, 0) is 5.41 Å². The number of nitrogens with zero attached hydrogens (tertiary/aromatic N) is 7. The Labute approximate surface area is 376 Å². The molecule has 0 aliphatic rings. The Balaban J connectivity index is 1.15. The molecule has 0 aliphatic heterocycles. The molecular formula is C52H41B2N7S2. The minimum atomic E-state index is -0.307. The van der Waals surface area contributed by atoms with Gasteiger partial charge in [-0.1, -0.05) is 211 Å². The number of benzene rings is 6. The molecule has 63 heavy (non-hydrogen) atoms. The van der Waals surface area contributed by atoms with Crippen molar-refractivity contribution in [3.8, 4) is 5.95 Å². The zero-order valence-corrected chi connectivity index (χ0v) is 36.7. The van der Waals surface area contributed by atoms with Crippen molar-refractivity contribution in [3.63, 3.8) is 0 Å². The fraction of sp³-hybridized carbons (Fsp3) is 0.0769. The van der Waals surface area contributed by atoms with E-state index in [0.717, 1.165) is 52.6 Å². The lowest BCUT2D eigenvalue weighted by Gasteiger charge is -2.18. The third kappa shape index (κ3) is 8.54. The highest BCUT2D eigenvalue weighted by Crippen LogP contribution is 2.31. The first kappa shape index (κ1) is 40.3. The van der Waals surface area contributed by atoms with Crippen molar-refractivity contribution in [1.82, 2.24) is 34.9 Å². The molecule has 0 spiro atoms. The molecule has 0 unspecified atom stereocenters. The number of rotatable bonds is 11. The van der Waals surface area contributed by atoms with Crippen molar-refractivity contribution in [2.75, 3.05) is 0 Å². The Hall–Kier alpha value is -6.81. The van der Waals surface area contributed by atoms with Gasteiger partial charge in [-0.2, -0.15) is 0 Å². The van der Waals surface area contributed by atoms with Crippen LogP contribution in [0.3, 0.4) is 0 Å². The molecule has 0 N–H and O–H groups in total. The van der Waals surface area contributed by atoms with Gasteiger partial charge in [0.05, 0.1) is 11.0 Å². The van der Waals surface area contributed by atoms with Crippen molar-refractivity contribution < 1.29 is 0 Å². The minimum Gasteiger partial charge on any atom is -0.275 e. The van der Waals surface area contributed by atoms with Gasteiger partial charge in [0.1, 0.15) is 10.1 Å². The highest BCUT2D eigenvalue weighted by atomic mass is 32.2. The Kier molecular flexibility index (Phi) is 11.2. The highest BCUT2D eigenvalue weighted by Gasteiger charge is 2.28. The van der Waals surface area contributed by atoms with Gasteiger partial charge in [-0.15, -0.1) is 20.4 Å². The van der Waals surface area contributed by atoms with Gasteiger partial charge < -0.3 is 0 Å². The first-order valence-corrected chi connectivity index (χ1v) is 22.6. The minimum absolute atomic E-state index is 0.0546. The smallest absolute Gasteiger partial charge is 0.273 e. The number of aromatic nitrogens is 7. The van der Waals surface area contributed by atoms with Gasteiger partial charge in [-0.3, -0.25) is 4.57 Å². The van der Waals surface area contributed by atoms with Crippen LogP contribution < -0.4 is 32.8 Å². The lowest BCUT2D eigenvalue weighted by molar-refractivity contribution is 0.516. The number of fused-ring (bicyclic) bond motifs is 3. The second kappa shape index (κ2) is 17.5. The zero-order valence-electron chi connectivity index (χ0n) is 35.1. The third-order valence-corrected chi connectivity index (χ3v) is 13.1. The van der Waals surface area contributed by atoms with Crippen LogP contribution in [0.5, 0.6) is 0 Å². The van der Waals surface area contributed by atoms with Gasteiger partial charge >= 0.3 is 0 Å². The van der Waals surface area contributed by atoms with Crippen LogP contribution in [0, 0.1) is 0 Å². The second-order valence-corrected chi connectivity index (χ2v) is 18.7. The van der Waals surface area contributed by atoms with Gasteiger partial charge in [0.15, 0.2) is 5.82 Å². The molecule has 10 aromatic rings. The SMILES string of the molecule is CC(C)(C)c1nnc(-n2c3cc(B(c4ccccc4)c4cccc(Sc5ccccn5)c4)ccc3c3ccc(B(c4ccccc4)c4cccc(Sc5ccccn5)c4)cc32)nn1. The van der Waals surface area contributed by atoms with E-state index in [0.29, 0.717) is 11.8 Å². The Morgan fingerprint density at radius 3 is 1.27 bits per heavy atom. The molecule has 4 aromatic heterocycles. The van der Waals surface area contributed by atoms with E-state index >= 15 is 0 Å². The maximum Gasteiger partial charge on any atom is 0.273 e. The molecule has 0 saturated carbocycles. The van der Waals surface area contributed by atoms with E-state index in [2.05, 4.69) is 191 Å². The lowest BCUT2D eigenvalue weighted by Crippen LogP contribution is -2.52. The van der Waals surface area contributed by atoms with Crippen LogP contribution in [0.15, 0.2) is 214 Å². The summed E-state index contributed by atoms with van der Waals surface area (Å²) in [5, 5.41) is 23.0. The summed E-state index contributed by atoms with van der Waals surface area (Å²) in [6.45, 7) is 6.12. The summed E-state index contributed by atoms with van der Waals surface area (Å²) in [5.41, 5.74) is 8.73. The maximum absolute atomic E-state index is 4.79. The highest BCUT2D eigenvalue weighted by molar-refractivity contribution is 7.99. The van der Waals surface area contributed by atoms with Crippen LogP contribution >= 0.6 is 23.5 Å². The molecule has 4 heterocycles. The predicted octanol–water partition coefficient (Wildman–Crippen LogP) is 7.79. The van der Waals surface area contributed by atoms with Gasteiger partial charge in [-0.05, 0) is 48.5 Å². The number of hydrogen-bond acceptors (Lipinski definition) is 8. The molecule has 0 fully saturated rings. The van der Waals surface area contributed by atoms with Gasteiger partial charge in [0.25, 0.3) is 5.95 Å². The lowest BCUT2D eigenvalue weighted by atomic mass is 9.37. The van der Waals surface area contributed by atoms with E-state index in [9.17, 15) is 0 Å². The van der Waals surface area contributed by atoms with Crippen molar-refractivity contribution in [3.05, 3.63) is 200 Å². The zero-order chi connectivity index (χ0) is 42.8. The van der Waals surface area contributed by atoms with Gasteiger partial charge in [-0.25, -0.2) is 9.97 Å². The summed E-state index contributed by atoms with van der Waals surface area (Å²) >= 11 is 3.34. The summed E-state index contributed by atoms with van der Waals surface area (Å²) < 4.78 is 2.15. The summed E-state index contributed by atoms with van der Waals surface area (Å²) in [7, 11) is 0. The summed E-state index contributed by atoms with van der Waals surface area (Å²) in [5.74, 6) is 1.01. The molecule has 0 aliphatic carbocycles. The van der Waals surface area contributed by atoms with E-state index in [4.69, 9.17) is 10.2 Å². The van der Waals surface area contributed by atoms with Crippen LogP contribution in [0.4, 0.5) is 0 Å². The summed E-state index contributed by atoms with van der Waals surface area (Å²) in [6, 6.07) is 64.8. The van der Waals surface area contributed by atoms with E-state index in [1.54, 1.807) is 23.5 Å². The monoisotopic (exact) mass is 849 g/mol. The van der Waals surface area contributed by atoms with Crippen LogP contribution in [0.1, 0.15) is 26.6 Å². The fourth-order valence-electron chi connectivity index (χ4n) is 8.26. The Morgan fingerprint density at radius 1 is 0.413 bits per heavy atom. The van der Waals surface area contributed by atoms with Crippen molar-refractivity contribution in [1.29, 1.82) is 0 Å². The summed E-state index contributed by atoms with van der Waals surface area (Å²) in [6.07, 6.45) is 3.68. The molecule has 6 aromatic carbocycles. The van der Waals surface area contributed by atoms with Crippen LogP contribution in [0.25, 0.3) is 27.8 Å². The molecular weight excluding hydrogens is 808 g/mol. The molecule has 0 atom stereocenters. The Bertz CT molecular complexity index is 2980. The third-order valence-electron chi connectivity index (χ3n) is 11.2. The second-order valence-electron chi connectivity index (χ2n) is 16.5. The fourth-order valence-corrected chi connectivity index (χ4v) is 9.94. The van der Waals surface area contributed by atoms with E-state index in [1.165, 1.54) is 21.9 Å². The first-order valence-electron chi connectivity index (χ1n) is 21.0. The van der Waals surface area contributed by atoms with Crippen molar-refractivity contribution in [2.24, 2.45) is 0 Å². The molecule has 0 bridgehead atoms. The molecule has 11 heteroatoms. The van der Waals surface area contributed by atoms with Gasteiger partial charge in [0, 0.05) is 38.4 Å². The van der Waals surface area contributed by atoms with Gasteiger partial charge in [0.2, 0.25) is 13.4 Å². The Morgan fingerprint density at radius 2 is 0.841 bits per heavy atom. The van der Waals surface area contributed by atoms with E-state index in [1.807, 2.05) is 48.8 Å². The quantitative estimate of drug-likeness (QED) is 0.122. The normalized spacial score (nSPS) is 11.5. The van der Waals surface area contributed by atoms with Crippen molar-refractivity contribution >= 4 is 91.5 Å². The number of hydrogen-bond donors (Lipinski definition) is 0. The predicted molar refractivity (Wildman–Crippen MR) is 262 cm³/mol. The van der Waals surface area contributed by atoms with Crippen LogP contribution in [-0.4, -0.2) is 48.4 Å². The molecule has 10 rings (SSSR count). The topological polar surface area (TPSA) is 82.3 Å². The maximum atomic E-state index is 4.79. The molecule has 0 saturated heterocycles. The average Bonchev–Trinajstić information content (AvgIpc) is 3.63. The van der Waals surface area contributed by atoms with Crippen LogP contribution in [0.2, 0.25) is 0 Å². The van der Waals surface area contributed by atoms with E-state index < -0.39 is 0 Å². The average molecular weight is 850 g/mol. The standard InChI is InChI=1S/C52H41B2N7S2/c1-52(2,3)50-57-59-51(60-58-50)61-46-34-40(53(36-16-6-4-7-17-36)38-20-14-22-42(32-38)62-48-24-10-12-30-55-48)26-28-44(46)45-29-27-41(35-47(45)61)54(37-18-8-5-9-19-37)39-21-15-23-43(33-39)63-49-25-11-13-31-56-49/h4-35H,1-3H3. The molecule has 7 nitrogen and oxygen atoms in total. The molecule has 0 radical (unpaired) electrons. The summed E-state index contributed by atoms with van der Waals surface area (Å²) in [4.78, 5) is 11.4.